The van der Waals surface area contributed by atoms with Gasteiger partial charge in [0.1, 0.15) is 0 Å². The van der Waals surface area contributed by atoms with Crippen LogP contribution in [0, 0.1) is 17.9 Å². The molecule has 47 heavy (non-hydrogen) atoms. The van der Waals surface area contributed by atoms with Crippen molar-refractivity contribution in [2.45, 2.75) is 104 Å². The van der Waals surface area contributed by atoms with Crippen molar-refractivity contribution in [2.75, 3.05) is 0 Å². The number of hydrogen-bond acceptors (Lipinski definition) is 3. The van der Waals surface area contributed by atoms with Crippen molar-refractivity contribution < 1.29 is 30.0 Å². The third-order valence-electron chi connectivity index (χ3n) is 10.3. The Kier molecular flexibility index (Phi) is 13.8. The number of nitrogens with zero attached hydrogens (tertiary/aromatic N) is 1. The molecule has 5 heteroatoms. The molecule has 3 aromatic carbocycles. The summed E-state index contributed by atoms with van der Waals surface area (Å²) in [7, 11) is 0. The SMILES string of the molecule is CCC(CC)C(=O)/C=C(\O)C(CC)CC.C[CH2][Ge]1([CH2]C)[c]2ccccc2-c2ccnc(-c3[c-]c4ccccc4c(C(C)(C)C)c3)[c]21.[Ir]. The quantitative estimate of drug-likeness (QED) is 0.0748. The second-order valence-electron chi connectivity index (χ2n) is 13.8. The van der Waals surface area contributed by atoms with Gasteiger partial charge in [0, 0.05) is 38.0 Å². The van der Waals surface area contributed by atoms with Crippen molar-refractivity contribution in [3.8, 4) is 22.4 Å². The largest absolute Gasteiger partial charge is 0 e. The van der Waals surface area contributed by atoms with E-state index in [0.717, 1.165) is 31.2 Å². The molecule has 253 valence electrons. The van der Waals surface area contributed by atoms with Gasteiger partial charge in [0.15, 0.2) is 5.78 Å². The predicted molar refractivity (Wildman–Crippen MR) is 200 cm³/mol. The molecule has 0 spiro atoms. The average molecular weight is 870 g/mol. The van der Waals surface area contributed by atoms with E-state index in [2.05, 4.69) is 101 Å². The van der Waals surface area contributed by atoms with Crippen molar-refractivity contribution >= 4 is 38.6 Å². The first-order chi connectivity index (χ1) is 22.0. The first-order valence-electron chi connectivity index (χ1n) is 17.5. The van der Waals surface area contributed by atoms with Crippen molar-refractivity contribution in [1.29, 1.82) is 0 Å². The van der Waals surface area contributed by atoms with Gasteiger partial charge >= 0.3 is 189 Å². The zero-order chi connectivity index (χ0) is 33.6. The van der Waals surface area contributed by atoms with Crippen LogP contribution in [0.15, 0.2) is 78.7 Å². The number of carbonyl (C=O) groups is 1. The molecule has 2 heterocycles. The molecule has 1 aromatic heterocycles. The minimum absolute atomic E-state index is 0. The fourth-order valence-electron chi connectivity index (χ4n) is 7.39. The molecule has 0 unspecified atom stereocenters. The van der Waals surface area contributed by atoms with Crippen LogP contribution in [0.2, 0.25) is 10.5 Å². The number of aliphatic hydroxyl groups excluding tert-OH is 1. The Balaban J connectivity index is 0.000000322. The van der Waals surface area contributed by atoms with E-state index in [0.29, 0.717) is 0 Å². The molecule has 0 saturated heterocycles. The van der Waals surface area contributed by atoms with Crippen LogP contribution in [-0.4, -0.2) is 29.1 Å². The first kappa shape index (κ1) is 38.9. The van der Waals surface area contributed by atoms with Crippen LogP contribution < -0.4 is 8.79 Å². The van der Waals surface area contributed by atoms with Crippen molar-refractivity contribution in [1.82, 2.24) is 4.98 Å². The molecule has 5 rings (SSSR count). The van der Waals surface area contributed by atoms with Crippen molar-refractivity contribution in [2.24, 2.45) is 11.8 Å². The maximum Gasteiger partial charge on any atom is 0 e. The average Bonchev–Trinajstić information content (AvgIpc) is 3.35. The minimum Gasteiger partial charge on any atom is 0 e. The number of allylic oxidation sites excluding steroid dienone is 2. The second-order valence-corrected chi connectivity index (χ2v) is 23.5. The zero-order valence-corrected chi connectivity index (χ0v) is 34.5. The Morgan fingerprint density at radius 1 is 0.851 bits per heavy atom. The van der Waals surface area contributed by atoms with Gasteiger partial charge in [0.2, 0.25) is 0 Å². The normalized spacial score (nSPS) is 13.6. The number of aliphatic hydroxyl groups is 1. The summed E-state index contributed by atoms with van der Waals surface area (Å²) < 4.78 is 3.20. The topological polar surface area (TPSA) is 50.2 Å². The Labute approximate surface area is 300 Å². The van der Waals surface area contributed by atoms with Gasteiger partial charge in [0.25, 0.3) is 0 Å². The third-order valence-corrected chi connectivity index (χ3v) is 21.5. The molecular weight excluding hydrogens is 815 g/mol. The van der Waals surface area contributed by atoms with Crippen LogP contribution in [0.5, 0.6) is 0 Å². The summed E-state index contributed by atoms with van der Waals surface area (Å²) >= 11 is -2.51. The molecule has 1 aliphatic rings. The zero-order valence-electron chi connectivity index (χ0n) is 30.0. The van der Waals surface area contributed by atoms with Crippen LogP contribution in [0.3, 0.4) is 0 Å². The smallest absolute Gasteiger partial charge is 0 e. The molecule has 1 radical (unpaired) electrons. The molecule has 4 aromatic rings. The number of pyridine rings is 1. The van der Waals surface area contributed by atoms with Gasteiger partial charge in [-0.2, -0.15) is 0 Å². The minimum atomic E-state index is -2.51. The van der Waals surface area contributed by atoms with E-state index < -0.39 is 13.3 Å². The molecule has 0 bridgehead atoms. The Hall–Kier alpha value is -2.53. The summed E-state index contributed by atoms with van der Waals surface area (Å²) in [6.07, 6.45) is 6.91. The van der Waals surface area contributed by atoms with Gasteiger partial charge in [-0.15, -0.1) is 0 Å². The van der Waals surface area contributed by atoms with E-state index in [1.807, 2.05) is 33.9 Å². The monoisotopic (exact) mass is 871 g/mol. The van der Waals surface area contributed by atoms with Crippen LogP contribution in [0.1, 0.15) is 93.6 Å². The summed E-state index contributed by atoms with van der Waals surface area (Å²) in [6, 6.07) is 26.2. The Morgan fingerprint density at radius 3 is 2.04 bits per heavy atom. The summed E-state index contributed by atoms with van der Waals surface area (Å²) in [6.45, 7) is 19.8. The Bertz CT molecular complexity index is 1690. The van der Waals surface area contributed by atoms with Gasteiger partial charge < -0.3 is 5.11 Å². The standard InChI is InChI=1S/C29H30GeN.C13H24O2.Ir/c1-6-30(7-2)26-15-11-10-14-23(26)24-16-17-31-28(27(24)30)21-18-20-12-8-9-13-22(20)25(19-21)29(3,4)5;1-5-10(6-2)12(14)9-13(15)11(7-3)8-4;/h8-17,19H,6-7H2,1-5H3;9-11,14H,5-8H2,1-4H3;/q-1;;/b;12-9-;. The fourth-order valence-corrected chi connectivity index (χ4v) is 17.4. The molecule has 0 saturated carbocycles. The van der Waals surface area contributed by atoms with E-state index in [1.54, 1.807) is 8.79 Å². The number of carbonyl (C=O) groups excluding carboxylic acids is 1. The molecule has 0 fully saturated rings. The molecule has 0 amide bonds. The van der Waals surface area contributed by atoms with Crippen LogP contribution in [0.4, 0.5) is 0 Å². The molecule has 3 nitrogen and oxygen atoms in total. The summed E-state index contributed by atoms with van der Waals surface area (Å²) in [5, 5.41) is 14.7. The number of hydrogen-bond donors (Lipinski definition) is 1. The van der Waals surface area contributed by atoms with E-state index in [1.165, 1.54) is 49.7 Å². The van der Waals surface area contributed by atoms with Gasteiger partial charge in [-0.1, -0.05) is 27.7 Å². The molecular formula is C42H54GeIrNO2-. The second kappa shape index (κ2) is 16.7. The maximum atomic E-state index is 11.7. The number of fused-ring (bicyclic) bond motifs is 4. The maximum absolute atomic E-state index is 11.7. The molecule has 1 N–H and O–H groups in total. The first-order valence-corrected chi connectivity index (χ1v) is 22.6. The molecule has 1 aliphatic heterocycles. The van der Waals surface area contributed by atoms with E-state index in [9.17, 15) is 9.90 Å². The van der Waals surface area contributed by atoms with Gasteiger partial charge in [-0.05, 0) is 25.7 Å². The van der Waals surface area contributed by atoms with Crippen molar-refractivity contribution in [3.63, 3.8) is 0 Å². The third kappa shape index (κ3) is 7.87. The number of ketones is 1. The van der Waals surface area contributed by atoms with E-state index >= 15 is 0 Å². The van der Waals surface area contributed by atoms with E-state index in [-0.39, 0.29) is 48.9 Å². The van der Waals surface area contributed by atoms with Crippen molar-refractivity contribution in [3.05, 3.63) is 90.3 Å². The number of aromatic nitrogens is 1. The summed E-state index contributed by atoms with van der Waals surface area (Å²) in [5.74, 6) is 0.547. The van der Waals surface area contributed by atoms with E-state index in [4.69, 9.17) is 4.98 Å². The van der Waals surface area contributed by atoms with Gasteiger partial charge in [-0.3, -0.25) is 4.79 Å². The molecule has 0 aliphatic carbocycles. The van der Waals surface area contributed by atoms with Gasteiger partial charge in [-0.25, -0.2) is 0 Å². The van der Waals surface area contributed by atoms with Crippen LogP contribution in [-0.2, 0) is 30.3 Å². The van der Waals surface area contributed by atoms with Crippen LogP contribution in [0.25, 0.3) is 33.2 Å². The fraction of sp³-hybridized carbons (Fsp3) is 0.429. The predicted octanol–water partition coefficient (Wildman–Crippen LogP) is 10.4. The number of rotatable bonds is 10. The summed E-state index contributed by atoms with van der Waals surface area (Å²) in [5.41, 5.74) is 6.62. The van der Waals surface area contributed by atoms with Crippen LogP contribution >= 0.6 is 0 Å². The Morgan fingerprint density at radius 2 is 1.45 bits per heavy atom. The molecule has 0 atom stereocenters. The van der Waals surface area contributed by atoms with Gasteiger partial charge in [0.05, 0.1) is 5.76 Å². The summed E-state index contributed by atoms with van der Waals surface area (Å²) in [4.78, 5) is 16.8. The number of benzene rings is 3.